The molecule has 0 bridgehead atoms. The third-order valence-corrected chi connectivity index (χ3v) is 23.3. The van der Waals surface area contributed by atoms with Crippen molar-refractivity contribution in [3.05, 3.63) is 142 Å². The van der Waals surface area contributed by atoms with Crippen LogP contribution in [0.1, 0.15) is 86.0 Å². The van der Waals surface area contributed by atoms with Crippen LogP contribution >= 0.6 is 0 Å². The molecule has 4 saturated carbocycles. The summed E-state index contributed by atoms with van der Waals surface area (Å²) < 4.78 is 6.99. The monoisotopic (exact) mass is 787 g/mol. The molecule has 15 atom stereocenters. The highest BCUT2D eigenvalue weighted by atomic mass is 28.4. The van der Waals surface area contributed by atoms with E-state index in [0.29, 0.717) is 82.9 Å². The zero-order valence-corrected chi connectivity index (χ0v) is 37.7. The Morgan fingerprint density at radius 3 is 2.00 bits per heavy atom. The lowest BCUT2D eigenvalue weighted by molar-refractivity contribution is 0.308. The van der Waals surface area contributed by atoms with Crippen LogP contribution in [0.4, 0.5) is 0 Å². The first-order chi connectivity index (χ1) is 27.9. The van der Waals surface area contributed by atoms with Gasteiger partial charge in [0.25, 0.3) is 0 Å². The molecule has 0 aromatic carbocycles. The zero-order valence-electron chi connectivity index (χ0n) is 36.7. The van der Waals surface area contributed by atoms with E-state index in [4.69, 9.17) is 4.43 Å². The Kier molecular flexibility index (Phi) is 9.21. The van der Waals surface area contributed by atoms with Crippen LogP contribution in [0, 0.1) is 88.8 Å². The Hall–Kier alpha value is -2.94. The lowest BCUT2D eigenvalue weighted by atomic mass is 9.69. The fourth-order valence-corrected chi connectivity index (χ4v) is 15.7. The molecule has 0 aromatic rings. The second-order valence-electron chi connectivity index (χ2n) is 22.5. The fourth-order valence-electron chi connectivity index (χ4n) is 14.8. The van der Waals surface area contributed by atoms with Crippen LogP contribution in [0.3, 0.4) is 0 Å². The summed E-state index contributed by atoms with van der Waals surface area (Å²) in [5.74, 6) is 9.44. The molecule has 4 fully saturated rings. The first kappa shape index (κ1) is 38.0. The summed E-state index contributed by atoms with van der Waals surface area (Å²) >= 11 is 0. The van der Waals surface area contributed by atoms with Gasteiger partial charge in [-0.3, -0.25) is 0 Å². The van der Waals surface area contributed by atoms with Crippen molar-refractivity contribution in [2.45, 2.75) is 104 Å². The van der Waals surface area contributed by atoms with Crippen LogP contribution in [-0.2, 0) is 4.43 Å². The predicted molar refractivity (Wildman–Crippen MR) is 245 cm³/mol. The van der Waals surface area contributed by atoms with Crippen molar-refractivity contribution >= 4 is 8.32 Å². The van der Waals surface area contributed by atoms with Gasteiger partial charge in [0.15, 0.2) is 8.32 Å². The molecule has 0 radical (unpaired) electrons. The van der Waals surface area contributed by atoms with Crippen molar-refractivity contribution < 1.29 is 4.43 Å². The third-order valence-electron chi connectivity index (χ3n) is 18.8. The van der Waals surface area contributed by atoms with E-state index in [0.717, 1.165) is 12.5 Å². The molecule has 0 aromatic heterocycles. The van der Waals surface area contributed by atoms with Crippen LogP contribution in [-0.4, -0.2) is 14.9 Å². The lowest BCUT2D eigenvalue weighted by Crippen LogP contribution is -2.41. The Bertz CT molecular complexity index is 2120. The van der Waals surface area contributed by atoms with Gasteiger partial charge in [-0.25, -0.2) is 0 Å². The van der Waals surface area contributed by atoms with Crippen molar-refractivity contribution in [2.24, 2.45) is 88.8 Å². The molecule has 0 amide bonds. The summed E-state index contributed by atoms with van der Waals surface area (Å²) in [7, 11) is -1.88. The highest BCUT2D eigenvalue weighted by Crippen LogP contribution is 2.62. The smallest absolute Gasteiger partial charge is 0.192 e. The van der Waals surface area contributed by atoms with Gasteiger partial charge in [-0.2, -0.15) is 0 Å². The normalized spacial score (nSPS) is 42.8. The minimum atomic E-state index is -1.88. The minimum Gasteiger partial charge on any atom is -0.413 e. The molecule has 0 aliphatic heterocycles. The summed E-state index contributed by atoms with van der Waals surface area (Å²) in [6, 6.07) is 0. The molecule has 304 valence electrons. The second kappa shape index (κ2) is 14.1. The Morgan fingerprint density at radius 1 is 0.586 bits per heavy atom. The number of rotatable bonds is 6. The van der Waals surface area contributed by atoms with E-state index in [1.54, 1.807) is 22.3 Å². The molecule has 14 unspecified atom stereocenters. The summed E-state index contributed by atoms with van der Waals surface area (Å²) in [6.45, 7) is 17.9. The summed E-state index contributed by atoms with van der Waals surface area (Å²) in [4.78, 5) is 0. The maximum Gasteiger partial charge on any atom is 0.192 e. The maximum atomic E-state index is 6.99. The van der Waals surface area contributed by atoms with Crippen LogP contribution in [0.5, 0.6) is 0 Å². The van der Waals surface area contributed by atoms with E-state index in [-0.39, 0.29) is 5.04 Å². The molecule has 0 spiro atoms. The molecule has 1 nitrogen and oxygen atoms in total. The van der Waals surface area contributed by atoms with Gasteiger partial charge >= 0.3 is 0 Å². The molecular weight excluding hydrogens is 717 g/mol. The SMILES string of the molecule is CC1C2C=CC=CC2C2C(CC3C4C=C(C5=CC6C(C=C5)C5C7=C(C=CC5[C@H]6C)CCCC7)C=CC4C4C=C5CCCC5=CC43)=CC(CO[Si](C)(C)C(C)(C)C)=CC12. The maximum absolute atomic E-state index is 6.99. The van der Waals surface area contributed by atoms with E-state index < -0.39 is 8.32 Å². The fraction of sp³-hybridized carbons (Fsp3) is 0.571. The Labute approximate surface area is 352 Å². The molecule has 11 rings (SSSR count). The van der Waals surface area contributed by atoms with Gasteiger partial charge in [-0.05, 0) is 192 Å². The number of allylic oxidation sites excluding steroid dienone is 22. The van der Waals surface area contributed by atoms with Gasteiger partial charge in [0, 0.05) is 0 Å². The zero-order chi connectivity index (χ0) is 39.7. The molecule has 0 saturated heterocycles. The van der Waals surface area contributed by atoms with Gasteiger partial charge in [0.05, 0.1) is 6.61 Å². The first-order valence-electron chi connectivity index (χ1n) is 24.0. The number of fused-ring (bicyclic) bond motifs is 11. The standard InChI is InChI=1S/C56H70OSi/c1-33-42-16-10-11-18-46(42)54-41(25-35(26-49(33)54)32-57-58(6,7)56(3,4)5)31-53-51-30-40(20-23-45(51)50-28-37-14-12-15-38(37)29-52(50)53)39-21-24-47-48(27-39)34(2)43-22-19-36-13-8-9-17-44(36)55(43)47/h10-11,16,18-30,33-34,42-43,45-55H,8-9,12-15,17,31-32H2,1-7H3/t33?,34-,42?,43?,45?,46?,47?,48?,49?,50?,51?,52?,53?,54?,55?/m1/s1. The average molecular weight is 787 g/mol. The van der Waals surface area contributed by atoms with Gasteiger partial charge in [0.2, 0.25) is 0 Å². The van der Waals surface area contributed by atoms with Crippen molar-refractivity contribution in [1.82, 2.24) is 0 Å². The van der Waals surface area contributed by atoms with Crippen molar-refractivity contribution in [3.8, 4) is 0 Å². The molecular formula is C56H70OSi. The highest BCUT2D eigenvalue weighted by molar-refractivity contribution is 6.74. The summed E-state index contributed by atoms with van der Waals surface area (Å²) in [5, 5.41) is 0.210. The van der Waals surface area contributed by atoms with Crippen LogP contribution in [0.2, 0.25) is 18.1 Å². The Balaban J connectivity index is 0.937. The number of hydrogen-bond acceptors (Lipinski definition) is 1. The Morgan fingerprint density at radius 2 is 1.22 bits per heavy atom. The second-order valence-corrected chi connectivity index (χ2v) is 27.3. The molecule has 11 aliphatic rings. The van der Waals surface area contributed by atoms with Gasteiger partial charge in [-0.1, -0.05) is 143 Å². The molecule has 2 heteroatoms. The first-order valence-corrected chi connectivity index (χ1v) is 26.9. The largest absolute Gasteiger partial charge is 0.413 e. The van der Waals surface area contributed by atoms with Gasteiger partial charge in [0.1, 0.15) is 0 Å². The number of hydrogen-bond donors (Lipinski definition) is 0. The van der Waals surface area contributed by atoms with E-state index in [9.17, 15) is 0 Å². The molecule has 0 N–H and O–H groups in total. The topological polar surface area (TPSA) is 9.23 Å². The van der Waals surface area contributed by atoms with Crippen molar-refractivity contribution in [2.75, 3.05) is 6.61 Å². The molecule has 11 aliphatic carbocycles. The van der Waals surface area contributed by atoms with E-state index >= 15 is 0 Å². The van der Waals surface area contributed by atoms with E-state index in [1.807, 2.05) is 5.57 Å². The molecule has 0 heterocycles. The van der Waals surface area contributed by atoms with Crippen LogP contribution in [0.25, 0.3) is 0 Å². The predicted octanol–water partition coefficient (Wildman–Crippen LogP) is 14.2. The van der Waals surface area contributed by atoms with Crippen LogP contribution < -0.4 is 0 Å². The van der Waals surface area contributed by atoms with Crippen LogP contribution in [0.15, 0.2) is 142 Å². The van der Waals surface area contributed by atoms with Gasteiger partial charge in [-0.15, -0.1) is 0 Å². The van der Waals surface area contributed by atoms with E-state index in [2.05, 4.69) is 145 Å². The molecule has 58 heavy (non-hydrogen) atoms. The summed E-state index contributed by atoms with van der Waals surface area (Å²) in [6.07, 6.45) is 52.5. The quantitative estimate of drug-likeness (QED) is 0.244. The lowest BCUT2D eigenvalue weighted by Gasteiger charge is -2.38. The van der Waals surface area contributed by atoms with Gasteiger partial charge < -0.3 is 4.43 Å². The van der Waals surface area contributed by atoms with Crippen molar-refractivity contribution in [3.63, 3.8) is 0 Å². The van der Waals surface area contributed by atoms with Crippen molar-refractivity contribution in [1.29, 1.82) is 0 Å². The van der Waals surface area contributed by atoms with E-state index in [1.165, 1.54) is 68.1 Å². The minimum absolute atomic E-state index is 0.210. The average Bonchev–Trinajstić information content (AvgIpc) is 3.96. The summed E-state index contributed by atoms with van der Waals surface area (Å²) in [5.41, 5.74) is 13.1. The highest BCUT2D eigenvalue weighted by Gasteiger charge is 2.54. The third kappa shape index (κ3) is 5.98.